The summed E-state index contributed by atoms with van der Waals surface area (Å²) >= 11 is 0. The molecule has 4 aromatic rings. The first kappa shape index (κ1) is 21.8. The molecule has 8 nitrogen and oxygen atoms in total. The molecule has 1 aromatic carbocycles. The minimum atomic E-state index is -0.526. The van der Waals surface area contributed by atoms with Crippen LogP contribution < -0.4 is 20.5 Å². The van der Waals surface area contributed by atoms with Crippen molar-refractivity contribution in [1.29, 1.82) is 0 Å². The molecule has 174 valence electrons. The van der Waals surface area contributed by atoms with Crippen LogP contribution in [-0.2, 0) is 0 Å². The van der Waals surface area contributed by atoms with Gasteiger partial charge < -0.3 is 25.0 Å². The monoisotopic (exact) mass is 461 g/mol. The van der Waals surface area contributed by atoms with Gasteiger partial charge in [-0.1, -0.05) is 6.07 Å². The SMILES string of the molecule is COc1cccc(-c2cc(Nc3ccc(N4CCC(O)CC4)cn3)c3c(=O)[nH]ccc3n2)c1F. The molecule has 0 saturated carbocycles. The van der Waals surface area contributed by atoms with Gasteiger partial charge in [0.15, 0.2) is 11.6 Å². The van der Waals surface area contributed by atoms with Gasteiger partial charge in [-0.2, -0.15) is 0 Å². The Labute approximate surface area is 195 Å². The Hall–Kier alpha value is -3.98. The highest BCUT2D eigenvalue weighted by Gasteiger charge is 2.18. The third kappa shape index (κ3) is 4.17. The summed E-state index contributed by atoms with van der Waals surface area (Å²) in [6, 6.07) is 11.9. The van der Waals surface area contributed by atoms with Crippen LogP contribution in [0, 0.1) is 5.82 Å². The molecule has 0 bridgehead atoms. The van der Waals surface area contributed by atoms with E-state index in [2.05, 4.69) is 25.2 Å². The Morgan fingerprint density at radius 1 is 1.21 bits per heavy atom. The molecule has 1 aliphatic heterocycles. The van der Waals surface area contributed by atoms with Crippen molar-refractivity contribution in [3.8, 4) is 17.0 Å². The predicted molar refractivity (Wildman–Crippen MR) is 129 cm³/mol. The van der Waals surface area contributed by atoms with Crippen molar-refractivity contribution in [1.82, 2.24) is 15.0 Å². The Morgan fingerprint density at radius 3 is 2.76 bits per heavy atom. The number of anilines is 3. The van der Waals surface area contributed by atoms with Crippen molar-refractivity contribution in [2.75, 3.05) is 30.4 Å². The van der Waals surface area contributed by atoms with Crippen LogP contribution in [0.1, 0.15) is 12.8 Å². The van der Waals surface area contributed by atoms with E-state index in [0.29, 0.717) is 28.1 Å². The topological polar surface area (TPSA) is 103 Å². The van der Waals surface area contributed by atoms with E-state index in [1.54, 1.807) is 30.5 Å². The number of aliphatic hydroxyl groups excluding tert-OH is 1. The number of rotatable bonds is 5. The third-order valence-corrected chi connectivity index (χ3v) is 6.03. The molecular weight excluding hydrogens is 437 g/mol. The number of benzene rings is 1. The zero-order valence-corrected chi connectivity index (χ0v) is 18.6. The van der Waals surface area contributed by atoms with Gasteiger partial charge in [-0.05, 0) is 49.2 Å². The number of ether oxygens (including phenoxy) is 1. The number of methoxy groups -OCH3 is 1. The van der Waals surface area contributed by atoms with Gasteiger partial charge >= 0.3 is 0 Å². The molecule has 0 amide bonds. The molecule has 3 aromatic heterocycles. The van der Waals surface area contributed by atoms with Gasteiger partial charge in [0.2, 0.25) is 0 Å². The molecule has 0 aliphatic carbocycles. The van der Waals surface area contributed by atoms with E-state index >= 15 is 0 Å². The highest BCUT2D eigenvalue weighted by Crippen LogP contribution is 2.32. The molecule has 1 saturated heterocycles. The van der Waals surface area contributed by atoms with Crippen LogP contribution in [0.15, 0.2) is 59.7 Å². The van der Waals surface area contributed by atoms with E-state index in [4.69, 9.17) is 4.74 Å². The van der Waals surface area contributed by atoms with E-state index in [9.17, 15) is 14.3 Å². The second-order valence-corrected chi connectivity index (χ2v) is 8.19. The highest BCUT2D eigenvalue weighted by atomic mass is 19.1. The van der Waals surface area contributed by atoms with Crippen molar-refractivity contribution in [2.45, 2.75) is 18.9 Å². The molecule has 9 heteroatoms. The normalized spacial score (nSPS) is 14.4. The van der Waals surface area contributed by atoms with Crippen LogP contribution in [0.2, 0.25) is 0 Å². The molecule has 0 spiro atoms. The summed E-state index contributed by atoms with van der Waals surface area (Å²) in [5.41, 5.74) is 2.17. The van der Waals surface area contributed by atoms with E-state index in [1.807, 2.05) is 12.1 Å². The number of aliphatic hydroxyl groups is 1. The fraction of sp³-hybridized carbons (Fsp3) is 0.240. The number of aromatic nitrogens is 3. The van der Waals surface area contributed by atoms with Gasteiger partial charge in [0.05, 0.1) is 47.4 Å². The molecule has 1 fully saturated rings. The number of fused-ring (bicyclic) bond motifs is 1. The van der Waals surface area contributed by atoms with Crippen molar-refractivity contribution < 1.29 is 14.2 Å². The number of hydrogen-bond acceptors (Lipinski definition) is 7. The molecule has 5 rings (SSSR count). The summed E-state index contributed by atoms with van der Waals surface area (Å²) < 4.78 is 20.1. The second kappa shape index (κ2) is 9.11. The van der Waals surface area contributed by atoms with Gasteiger partial charge in [0.25, 0.3) is 5.56 Å². The van der Waals surface area contributed by atoms with Gasteiger partial charge in [0.1, 0.15) is 5.82 Å². The molecular formula is C25H24FN5O3. The number of hydrogen-bond donors (Lipinski definition) is 3. The maximum atomic E-state index is 15.0. The molecule has 1 aliphatic rings. The number of H-pyrrole nitrogens is 1. The second-order valence-electron chi connectivity index (χ2n) is 8.19. The molecule has 34 heavy (non-hydrogen) atoms. The van der Waals surface area contributed by atoms with E-state index in [-0.39, 0.29) is 23.0 Å². The average Bonchev–Trinajstić information content (AvgIpc) is 2.85. The van der Waals surface area contributed by atoms with Crippen LogP contribution in [0.3, 0.4) is 0 Å². The van der Waals surface area contributed by atoms with Crippen molar-refractivity contribution in [3.63, 3.8) is 0 Å². The summed E-state index contributed by atoms with van der Waals surface area (Å²) in [6.07, 6.45) is 4.49. The van der Waals surface area contributed by atoms with Crippen molar-refractivity contribution >= 4 is 28.1 Å². The number of piperidine rings is 1. The molecule has 3 N–H and O–H groups in total. The lowest BCUT2D eigenvalue weighted by Crippen LogP contribution is -2.35. The lowest BCUT2D eigenvalue weighted by molar-refractivity contribution is 0.145. The fourth-order valence-corrected chi connectivity index (χ4v) is 4.20. The minimum Gasteiger partial charge on any atom is -0.494 e. The summed E-state index contributed by atoms with van der Waals surface area (Å²) in [4.78, 5) is 26.5. The van der Waals surface area contributed by atoms with Crippen LogP contribution >= 0.6 is 0 Å². The Balaban J connectivity index is 1.52. The summed E-state index contributed by atoms with van der Waals surface area (Å²) in [5, 5.41) is 13.3. The summed E-state index contributed by atoms with van der Waals surface area (Å²) in [5.74, 6) is 0.123. The van der Waals surface area contributed by atoms with Crippen molar-refractivity contribution in [2.24, 2.45) is 0 Å². The number of nitrogens with one attached hydrogen (secondary N) is 2. The first-order valence-electron chi connectivity index (χ1n) is 11.0. The van der Waals surface area contributed by atoms with E-state index in [0.717, 1.165) is 31.6 Å². The third-order valence-electron chi connectivity index (χ3n) is 6.03. The van der Waals surface area contributed by atoms with Crippen LogP contribution in [0.4, 0.5) is 21.6 Å². The minimum absolute atomic E-state index is 0.113. The highest BCUT2D eigenvalue weighted by molar-refractivity contribution is 5.94. The van der Waals surface area contributed by atoms with Crippen molar-refractivity contribution in [3.05, 3.63) is 71.0 Å². The molecule has 4 heterocycles. The van der Waals surface area contributed by atoms with Crippen LogP contribution in [-0.4, -0.2) is 46.4 Å². The summed E-state index contributed by atoms with van der Waals surface area (Å²) in [6.45, 7) is 1.55. The predicted octanol–water partition coefficient (Wildman–Crippen LogP) is 3.84. The maximum Gasteiger partial charge on any atom is 0.259 e. The number of aromatic amines is 1. The Bertz CT molecular complexity index is 1380. The van der Waals surface area contributed by atoms with Crippen LogP contribution in [0.25, 0.3) is 22.2 Å². The Morgan fingerprint density at radius 2 is 2.03 bits per heavy atom. The number of pyridine rings is 3. The van der Waals surface area contributed by atoms with Gasteiger partial charge in [-0.15, -0.1) is 0 Å². The molecule has 0 radical (unpaired) electrons. The maximum absolute atomic E-state index is 15.0. The first-order chi connectivity index (χ1) is 16.5. The largest absolute Gasteiger partial charge is 0.494 e. The van der Waals surface area contributed by atoms with E-state index < -0.39 is 5.82 Å². The lowest BCUT2D eigenvalue weighted by atomic mass is 10.1. The standard InChI is InChI=1S/C25H24FN5O3/c1-34-21-4-2-3-17(24(21)26)19-13-20(23-18(29-19)7-10-27-25(23)33)30-22-6-5-15(14-28-22)31-11-8-16(32)9-12-31/h2-7,10,13-14,16,32H,8-9,11-12H2,1H3,(H,27,33)(H,28,29,30). The number of halogens is 1. The molecule has 0 unspecified atom stereocenters. The number of nitrogens with zero attached hydrogens (tertiary/aromatic N) is 3. The fourth-order valence-electron chi connectivity index (χ4n) is 4.20. The average molecular weight is 461 g/mol. The first-order valence-corrected chi connectivity index (χ1v) is 11.0. The Kier molecular flexibility index (Phi) is 5.85. The van der Waals surface area contributed by atoms with E-state index in [1.165, 1.54) is 19.4 Å². The zero-order chi connectivity index (χ0) is 23.7. The smallest absolute Gasteiger partial charge is 0.259 e. The van der Waals surface area contributed by atoms with Gasteiger partial charge in [0, 0.05) is 24.8 Å². The zero-order valence-electron chi connectivity index (χ0n) is 18.6. The van der Waals surface area contributed by atoms with Crippen LogP contribution in [0.5, 0.6) is 5.75 Å². The quantitative estimate of drug-likeness (QED) is 0.415. The molecule has 0 atom stereocenters. The lowest BCUT2D eigenvalue weighted by Gasteiger charge is -2.31. The van der Waals surface area contributed by atoms with Gasteiger partial charge in [-0.25, -0.2) is 14.4 Å². The van der Waals surface area contributed by atoms with Gasteiger partial charge in [-0.3, -0.25) is 4.79 Å². The summed E-state index contributed by atoms with van der Waals surface area (Å²) in [7, 11) is 1.41.